The summed E-state index contributed by atoms with van der Waals surface area (Å²) in [4.78, 5) is 0. The number of aromatic amines is 1. The third-order valence-corrected chi connectivity index (χ3v) is 3.26. The summed E-state index contributed by atoms with van der Waals surface area (Å²) in [7, 11) is 0. The topological polar surface area (TPSA) is 59.1 Å². The molecule has 0 atom stereocenters. The maximum atomic E-state index is 6.17. The van der Waals surface area contributed by atoms with Crippen molar-refractivity contribution in [3.8, 4) is 11.6 Å². The molecule has 0 aliphatic carbocycles. The smallest absolute Gasteiger partial charge is 0.219 e. The second-order valence-corrected chi connectivity index (χ2v) is 5.15. The molecule has 7 heteroatoms. The number of furan rings is 1. The van der Waals surface area contributed by atoms with Crippen molar-refractivity contribution in [2.75, 3.05) is 0 Å². The van der Waals surface area contributed by atoms with E-state index >= 15 is 0 Å². The van der Waals surface area contributed by atoms with E-state index in [1.54, 1.807) is 24.5 Å². The Morgan fingerprint density at radius 2 is 2.09 bits per heavy atom. The molecule has 0 fully saturated rings. The second kappa shape index (κ2) is 6.55. The van der Waals surface area contributed by atoms with Gasteiger partial charge in [-0.1, -0.05) is 41.9 Å². The minimum absolute atomic E-state index is 0.354. The molecule has 1 N–H and O–H groups in total. The van der Waals surface area contributed by atoms with Crippen LogP contribution in [-0.4, -0.2) is 21.1 Å². The number of H-pyrrole nitrogens is 1. The fourth-order valence-corrected chi connectivity index (χ4v) is 2.17. The Hall–Kier alpha value is -2.44. The van der Waals surface area contributed by atoms with E-state index in [0.717, 1.165) is 5.56 Å². The van der Waals surface area contributed by atoms with E-state index in [-0.39, 0.29) is 0 Å². The summed E-state index contributed by atoms with van der Waals surface area (Å²) in [6.07, 6.45) is 4.87. The van der Waals surface area contributed by atoms with Crippen LogP contribution in [0.1, 0.15) is 5.56 Å². The fourth-order valence-electron chi connectivity index (χ4n) is 1.82. The molecule has 0 aliphatic heterocycles. The summed E-state index contributed by atoms with van der Waals surface area (Å²) in [6.45, 7) is 0. The number of hydrogen-bond donors (Lipinski definition) is 1. The van der Waals surface area contributed by atoms with Gasteiger partial charge in [-0.25, -0.2) is 5.10 Å². The summed E-state index contributed by atoms with van der Waals surface area (Å²) in [6, 6.07) is 13.3. The number of aromatic nitrogens is 3. The van der Waals surface area contributed by atoms with E-state index in [9.17, 15) is 0 Å². The fraction of sp³-hybridized carbons (Fsp3) is 0. The summed E-state index contributed by atoms with van der Waals surface area (Å²) in [5.41, 5.74) is 0.987. The molecule has 5 nitrogen and oxygen atoms in total. The van der Waals surface area contributed by atoms with Gasteiger partial charge in [-0.2, -0.15) is 9.78 Å². The summed E-state index contributed by atoms with van der Waals surface area (Å²) in [5, 5.41) is 11.5. The molecule has 22 heavy (non-hydrogen) atoms. The van der Waals surface area contributed by atoms with Gasteiger partial charge in [-0.05, 0) is 36.0 Å². The van der Waals surface area contributed by atoms with Gasteiger partial charge in [0.25, 0.3) is 0 Å². The normalized spacial score (nSPS) is 12.1. The Bertz CT molecular complexity index is 863. The van der Waals surface area contributed by atoms with Gasteiger partial charge in [-0.15, -0.1) is 5.10 Å². The van der Waals surface area contributed by atoms with Crippen molar-refractivity contribution in [3.05, 3.63) is 64.1 Å². The quantitative estimate of drug-likeness (QED) is 0.572. The lowest BCUT2D eigenvalue weighted by Gasteiger charge is -1.97. The molecule has 0 amide bonds. The minimum atomic E-state index is 0.354. The molecule has 0 radical (unpaired) electrons. The lowest BCUT2D eigenvalue weighted by atomic mass is 10.2. The van der Waals surface area contributed by atoms with Crippen molar-refractivity contribution in [1.29, 1.82) is 0 Å². The zero-order valence-electron chi connectivity index (χ0n) is 11.3. The third-order valence-electron chi connectivity index (χ3n) is 2.79. The Morgan fingerprint density at radius 1 is 1.27 bits per heavy atom. The van der Waals surface area contributed by atoms with Crippen molar-refractivity contribution in [3.63, 3.8) is 0 Å². The van der Waals surface area contributed by atoms with Gasteiger partial charge in [0.1, 0.15) is 0 Å². The van der Waals surface area contributed by atoms with Crippen molar-refractivity contribution >= 4 is 36.1 Å². The number of halogens is 1. The van der Waals surface area contributed by atoms with Crippen molar-refractivity contribution in [2.45, 2.75) is 0 Å². The first-order chi connectivity index (χ1) is 10.7. The van der Waals surface area contributed by atoms with Crippen molar-refractivity contribution in [1.82, 2.24) is 14.9 Å². The van der Waals surface area contributed by atoms with Crippen molar-refractivity contribution < 1.29 is 4.42 Å². The average molecular weight is 331 g/mol. The van der Waals surface area contributed by atoms with Gasteiger partial charge >= 0.3 is 0 Å². The van der Waals surface area contributed by atoms with Crippen LogP contribution in [0.25, 0.3) is 17.7 Å². The predicted molar refractivity (Wildman–Crippen MR) is 89.3 cm³/mol. The van der Waals surface area contributed by atoms with E-state index in [4.69, 9.17) is 28.2 Å². The molecular weight excluding hydrogens is 320 g/mol. The first-order valence-electron chi connectivity index (χ1n) is 6.42. The van der Waals surface area contributed by atoms with E-state index < -0.39 is 0 Å². The van der Waals surface area contributed by atoms with Crippen LogP contribution in [0.3, 0.4) is 0 Å². The van der Waals surface area contributed by atoms with Gasteiger partial charge in [0.05, 0.1) is 17.5 Å². The van der Waals surface area contributed by atoms with Gasteiger partial charge in [0, 0.05) is 0 Å². The Kier molecular flexibility index (Phi) is 4.32. The zero-order valence-corrected chi connectivity index (χ0v) is 12.9. The maximum absolute atomic E-state index is 6.17. The number of allylic oxidation sites excluding steroid dienone is 1. The Labute approximate surface area is 136 Å². The lowest BCUT2D eigenvalue weighted by Crippen LogP contribution is -1.93. The van der Waals surface area contributed by atoms with E-state index in [2.05, 4.69) is 15.3 Å². The number of benzene rings is 1. The standard InChI is InChI=1S/C15H11ClN4OS/c16-12(9-11-5-2-1-3-6-11)10-17-20-14(18-19-15(20)22)13-7-4-8-21-13/h1-10H,(H,19,22)/b12-9-,17-10-. The largest absolute Gasteiger partial charge is 0.461 e. The first kappa shape index (κ1) is 14.5. The molecule has 0 bridgehead atoms. The summed E-state index contributed by atoms with van der Waals surface area (Å²) in [5.74, 6) is 1.04. The van der Waals surface area contributed by atoms with E-state index in [1.165, 1.54) is 10.9 Å². The molecular formula is C15H11ClN4OS. The maximum Gasteiger partial charge on any atom is 0.219 e. The molecule has 110 valence electrons. The SMILES string of the molecule is S=c1[nH]nc(-c2ccco2)n1/N=C\C(Cl)=C\c1ccccc1. The predicted octanol–water partition coefficient (Wildman–Crippen LogP) is 4.31. The van der Waals surface area contributed by atoms with Gasteiger partial charge < -0.3 is 4.42 Å². The number of nitrogens with one attached hydrogen (secondary N) is 1. The van der Waals surface area contributed by atoms with Crippen LogP contribution in [0.5, 0.6) is 0 Å². The average Bonchev–Trinajstić information content (AvgIpc) is 3.16. The van der Waals surface area contributed by atoms with Crippen LogP contribution < -0.4 is 0 Å². The number of rotatable bonds is 4. The van der Waals surface area contributed by atoms with E-state index in [1.807, 2.05) is 30.3 Å². The van der Waals surface area contributed by atoms with Crippen molar-refractivity contribution in [2.24, 2.45) is 5.10 Å². The molecule has 3 aromatic rings. The second-order valence-electron chi connectivity index (χ2n) is 4.33. The molecule has 2 heterocycles. The third kappa shape index (κ3) is 3.24. The summed E-state index contributed by atoms with van der Waals surface area (Å²) >= 11 is 11.3. The molecule has 1 aromatic carbocycles. The molecule has 0 spiro atoms. The highest BCUT2D eigenvalue weighted by atomic mass is 35.5. The molecule has 2 aromatic heterocycles. The highest BCUT2D eigenvalue weighted by molar-refractivity contribution is 7.71. The molecule has 0 saturated carbocycles. The monoisotopic (exact) mass is 330 g/mol. The number of nitrogens with zero attached hydrogens (tertiary/aromatic N) is 3. The van der Waals surface area contributed by atoms with Crippen LogP contribution in [0.2, 0.25) is 0 Å². The van der Waals surface area contributed by atoms with Gasteiger partial charge in [-0.3, -0.25) is 0 Å². The minimum Gasteiger partial charge on any atom is -0.461 e. The Morgan fingerprint density at radius 3 is 2.82 bits per heavy atom. The molecule has 0 aliphatic rings. The van der Waals surface area contributed by atoms with Gasteiger partial charge in [0.2, 0.25) is 10.6 Å². The van der Waals surface area contributed by atoms with Crippen LogP contribution in [-0.2, 0) is 0 Å². The summed E-state index contributed by atoms with van der Waals surface area (Å²) < 4.78 is 7.11. The Balaban J connectivity index is 1.89. The van der Waals surface area contributed by atoms with Gasteiger partial charge in [0.15, 0.2) is 5.76 Å². The first-order valence-corrected chi connectivity index (χ1v) is 7.20. The van der Waals surface area contributed by atoms with Crippen LogP contribution >= 0.6 is 23.8 Å². The zero-order chi connectivity index (χ0) is 15.4. The number of hydrogen-bond acceptors (Lipinski definition) is 4. The molecule has 0 unspecified atom stereocenters. The van der Waals surface area contributed by atoms with Crippen LogP contribution in [0.15, 0.2) is 63.3 Å². The highest BCUT2D eigenvalue weighted by Gasteiger charge is 2.10. The highest BCUT2D eigenvalue weighted by Crippen LogP contribution is 2.17. The molecule has 0 saturated heterocycles. The van der Waals surface area contributed by atoms with Crippen LogP contribution in [0, 0.1) is 4.77 Å². The van der Waals surface area contributed by atoms with E-state index in [0.29, 0.717) is 21.4 Å². The molecule has 3 rings (SSSR count). The van der Waals surface area contributed by atoms with Crippen LogP contribution in [0.4, 0.5) is 0 Å². The lowest BCUT2D eigenvalue weighted by molar-refractivity contribution is 0.573.